The van der Waals surface area contributed by atoms with Gasteiger partial charge in [0.2, 0.25) is 5.91 Å². The molecule has 0 radical (unpaired) electrons. The Morgan fingerprint density at radius 3 is 2.31 bits per heavy atom. The van der Waals surface area contributed by atoms with Gasteiger partial charge < -0.3 is 5.32 Å². The van der Waals surface area contributed by atoms with E-state index in [0.29, 0.717) is 16.7 Å². The molecule has 0 aliphatic carbocycles. The van der Waals surface area contributed by atoms with Gasteiger partial charge in [0.05, 0.1) is 5.69 Å². The fraction of sp³-hybridized carbons (Fsp3) is 0.0714. The Morgan fingerprint density at radius 2 is 1.58 bits per heavy atom. The molecule has 6 nitrogen and oxygen atoms in total. The summed E-state index contributed by atoms with van der Waals surface area (Å²) in [4.78, 5) is 17.6. The molecule has 8 heteroatoms. The van der Waals surface area contributed by atoms with E-state index >= 15 is 0 Å². The van der Waals surface area contributed by atoms with Gasteiger partial charge in [-0.3, -0.25) is 14.3 Å². The van der Waals surface area contributed by atoms with Crippen molar-refractivity contribution in [3.05, 3.63) is 120 Å². The van der Waals surface area contributed by atoms with E-state index in [4.69, 9.17) is 0 Å². The number of hydrogen-bond donors (Lipinski definition) is 1. The molecule has 1 atom stereocenters. The second-order valence-electron chi connectivity index (χ2n) is 8.07. The number of aryl methyl sites for hydroxylation is 1. The number of nitrogens with one attached hydrogen (secondary N) is 1. The standard InChI is InChI=1S/C28H22FN5OS/c1-19-7-5-6-10-24(19)34-26(21-15-17-30-18-16-21)32-33-28(34)36-25(20-8-3-2-4-9-20)27(35)31-23-13-11-22(29)12-14-23/h2-18,25H,1H3,(H,31,35). The van der Waals surface area contributed by atoms with E-state index in [9.17, 15) is 9.18 Å². The van der Waals surface area contributed by atoms with Crippen LogP contribution in [0.25, 0.3) is 17.1 Å². The van der Waals surface area contributed by atoms with Crippen molar-refractivity contribution >= 4 is 23.4 Å². The first-order valence-corrected chi connectivity index (χ1v) is 12.2. The van der Waals surface area contributed by atoms with Gasteiger partial charge in [-0.25, -0.2) is 4.39 Å². The summed E-state index contributed by atoms with van der Waals surface area (Å²) in [5.74, 6) is 0.0412. The molecule has 2 aromatic heterocycles. The molecule has 0 saturated carbocycles. The Morgan fingerprint density at radius 1 is 0.889 bits per heavy atom. The van der Waals surface area contributed by atoms with Crippen LogP contribution in [0.2, 0.25) is 0 Å². The summed E-state index contributed by atoms with van der Waals surface area (Å²) in [6.45, 7) is 2.02. The van der Waals surface area contributed by atoms with Gasteiger partial charge >= 0.3 is 0 Å². The second kappa shape index (κ2) is 10.5. The minimum Gasteiger partial charge on any atom is -0.325 e. The van der Waals surface area contributed by atoms with Gasteiger partial charge in [0.15, 0.2) is 11.0 Å². The minimum atomic E-state index is -0.631. The first-order valence-electron chi connectivity index (χ1n) is 11.3. The number of amides is 1. The number of nitrogens with zero attached hydrogens (tertiary/aromatic N) is 4. The summed E-state index contributed by atoms with van der Waals surface area (Å²) >= 11 is 1.31. The zero-order chi connectivity index (χ0) is 24.9. The SMILES string of the molecule is Cc1ccccc1-n1c(SC(C(=O)Nc2ccc(F)cc2)c2ccccc2)nnc1-c1ccncc1. The van der Waals surface area contributed by atoms with Crippen LogP contribution in [0.3, 0.4) is 0 Å². The highest BCUT2D eigenvalue weighted by Crippen LogP contribution is 2.38. The number of hydrogen-bond acceptors (Lipinski definition) is 5. The molecule has 0 bridgehead atoms. The number of halogens is 1. The van der Waals surface area contributed by atoms with Gasteiger partial charge in [-0.1, -0.05) is 60.3 Å². The zero-order valence-corrected chi connectivity index (χ0v) is 20.2. The first-order chi connectivity index (χ1) is 17.6. The number of pyridine rings is 1. The lowest BCUT2D eigenvalue weighted by Crippen LogP contribution is -2.19. The van der Waals surface area contributed by atoms with Crippen molar-refractivity contribution in [2.24, 2.45) is 0 Å². The van der Waals surface area contributed by atoms with Crippen LogP contribution in [0, 0.1) is 12.7 Å². The minimum absolute atomic E-state index is 0.248. The van der Waals surface area contributed by atoms with Crippen molar-refractivity contribution in [2.75, 3.05) is 5.32 Å². The second-order valence-corrected chi connectivity index (χ2v) is 9.14. The maximum absolute atomic E-state index is 13.5. The van der Waals surface area contributed by atoms with Gasteiger partial charge in [0.25, 0.3) is 0 Å². The quantitative estimate of drug-likeness (QED) is 0.270. The first kappa shape index (κ1) is 23.4. The highest BCUT2D eigenvalue weighted by Gasteiger charge is 2.27. The van der Waals surface area contributed by atoms with Crippen LogP contribution in [0.5, 0.6) is 0 Å². The predicted octanol–water partition coefficient (Wildman–Crippen LogP) is 6.25. The van der Waals surface area contributed by atoms with Gasteiger partial charge in [0, 0.05) is 23.6 Å². The van der Waals surface area contributed by atoms with Crippen molar-refractivity contribution in [3.8, 4) is 17.1 Å². The van der Waals surface area contributed by atoms with E-state index < -0.39 is 5.25 Å². The highest BCUT2D eigenvalue weighted by atomic mass is 32.2. The van der Waals surface area contributed by atoms with Gasteiger partial charge in [-0.15, -0.1) is 10.2 Å². The molecular formula is C28H22FN5OS. The van der Waals surface area contributed by atoms with Crippen LogP contribution in [-0.2, 0) is 4.79 Å². The molecule has 36 heavy (non-hydrogen) atoms. The maximum Gasteiger partial charge on any atom is 0.242 e. The van der Waals surface area contributed by atoms with Crippen LogP contribution >= 0.6 is 11.8 Å². The van der Waals surface area contributed by atoms with Crippen LogP contribution < -0.4 is 5.32 Å². The lowest BCUT2D eigenvalue weighted by Gasteiger charge is -2.18. The van der Waals surface area contributed by atoms with Gasteiger partial charge in [0.1, 0.15) is 11.1 Å². The molecule has 0 saturated heterocycles. The lowest BCUT2D eigenvalue weighted by molar-refractivity contribution is -0.115. The van der Waals surface area contributed by atoms with E-state index in [1.54, 1.807) is 12.4 Å². The highest BCUT2D eigenvalue weighted by molar-refractivity contribution is 8.00. The van der Waals surface area contributed by atoms with E-state index in [-0.39, 0.29) is 11.7 Å². The molecule has 0 aliphatic heterocycles. The van der Waals surface area contributed by atoms with Crippen LogP contribution in [0.15, 0.2) is 109 Å². The fourth-order valence-electron chi connectivity index (χ4n) is 3.81. The number of rotatable bonds is 7. The van der Waals surface area contributed by atoms with Gasteiger partial charge in [-0.2, -0.15) is 0 Å². The average molecular weight is 496 g/mol. The predicted molar refractivity (Wildman–Crippen MR) is 139 cm³/mol. The normalized spacial score (nSPS) is 11.7. The van der Waals surface area contributed by atoms with E-state index in [1.807, 2.05) is 78.2 Å². The van der Waals surface area contributed by atoms with E-state index in [0.717, 1.165) is 22.4 Å². The number of anilines is 1. The summed E-state index contributed by atoms with van der Waals surface area (Å²) in [5, 5.41) is 11.8. The van der Waals surface area contributed by atoms with Crippen LogP contribution in [0.4, 0.5) is 10.1 Å². The van der Waals surface area contributed by atoms with E-state index in [1.165, 1.54) is 36.0 Å². The summed E-state index contributed by atoms with van der Waals surface area (Å²) < 4.78 is 15.3. The largest absolute Gasteiger partial charge is 0.325 e. The summed E-state index contributed by atoms with van der Waals surface area (Å²) in [6, 6.07) is 26.9. The molecule has 0 aliphatic rings. The van der Waals surface area contributed by atoms with Crippen LogP contribution in [0.1, 0.15) is 16.4 Å². The average Bonchev–Trinajstić information content (AvgIpc) is 3.33. The number of carbonyl (C=O) groups excluding carboxylic acids is 1. The molecule has 0 fully saturated rings. The third kappa shape index (κ3) is 5.04. The molecule has 1 amide bonds. The lowest BCUT2D eigenvalue weighted by atomic mass is 10.1. The Hall–Kier alpha value is -4.30. The number of para-hydroxylation sites is 1. The number of carbonyl (C=O) groups is 1. The third-order valence-corrected chi connectivity index (χ3v) is 6.80. The van der Waals surface area contributed by atoms with Crippen molar-refractivity contribution in [3.63, 3.8) is 0 Å². The molecule has 1 unspecified atom stereocenters. The zero-order valence-electron chi connectivity index (χ0n) is 19.4. The van der Waals surface area contributed by atoms with Crippen molar-refractivity contribution in [2.45, 2.75) is 17.3 Å². The topological polar surface area (TPSA) is 72.7 Å². The molecule has 5 rings (SSSR count). The Kier molecular flexibility index (Phi) is 6.86. The molecule has 2 heterocycles. The molecule has 3 aromatic carbocycles. The van der Waals surface area contributed by atoms with Crippen molar-refractivity contribution in [1.82, 2.24) is 19.7 Å². The Balaban J connectivity index is 1.57. The Labute approximate surface area is 212 Å². The number of thioether (sulfide) groups is 1. The van der Waals surface area contributed by atoms with Crippen molar-refractivity contribution in [1.29, 1.82) is 0 Å². The molecular weight excluding hydrogens is 473 g/mol. The molecule has 0 spiro atoms. The fourth-order valence-corrected chi connectivity index (χ4v) is 4.86. The molecule has 1 N–H and O–H groups in total. The van der Waals surface area contributed by atoms with Crippen LogP contribution in [-0.4, -0.2) is 25.7 Å². The third-order valence-electron chi connectivity index (χ3n) is 5.60. The summed E-state index contributed by atoms with van der Waals surface area (Å²) in [7, 11) is 0. The van der Waals surface area contributed by atoms with Crippen molar-refractivity contribution < 1.29 is 9.18 Å². The summed E-state index contributed by atoms with van der Waals surface area (Å²) in [6.07, 6.45) is 3.42. The summed E-state index contributed by atoms with van der Waals surface area (Å²) in [5.41, 5.74) is 4.15. The molecule has 178 valence electrons. The Bertz CT molecular complexity index is 1470. The maximum atomic E-state index is 13.5. The number of aromatic nitrogens is 4. The monoisotopic (exact) mass is 495 g/mol. The number of benzene rings is 3. The van der Waals surface area contributed by atoms with E-state index in [2.05, 4.69) is 20.5 Å². The van der Waals surface area contributed by atoms with Gasteiger partial charge in [-0.05, 0) is 60.5 Å². The smallest absolute Gasteiger partial charge is 0.242 e. The molecule has 5 aromatic rings.